The molecule has 0 unspecified atom stereocenters. The molecule has 1 aromatic heterocycles. The Kier molecular flexibility index (Phi) is 4.60. The number of amides is 1. The molecule has 0 bridgehead atoms. The molecule has 0 saturated carbocycles. The summed E-state index contributed by atoms with van der Waals surface area (Å²) in [6, 6.07) is 0.0809. The van der Waals surface area contributed by atoms with E-state index in [-0.39, 0.29) is 11.6 Å². The number of hydrogen-bond donors (Lipinski definition) is 0. The molecule has 3 saturated heterocycles. The summed E-state index contributed by atoms with van der Waals surface area (Å²) in [5.41, 5.74) is -0.159. The Bertz CT molecular complexity index is 603. The van der Waals surface area contributed by atoms with Crippen LogP contribution >= 0.6 is 0 Å². The van der Waals surface area contributed by atoms with E-state index in [1.807, 2.05) is 11.1 Å². The van der Waals surface area contributed by atoms with E-state index in [1.165, 1.54) is 0 Å². The van der Waals surface area contributed by atoms with Gasteiger partial charge in [0.2, 0.25) is 5.91 Å². The second-order valence-corrected chi connectivity index (χ2v) is 7.48. The lowest BCUT2D eigenvalue weighted by atomic mass is 9.89. The molecule has 136 valence electrons. The Labute approximate surface area is 149 Å². The number of carbonyl (C=O) groups is 1. The average molecular weight is 345 g/mol. The molecule has 3 aliphatic rings. The quantitative estimate of drug-likeness (QED) is 0.789. The number of piperidine rings is 1. The minimum absolute atomic E-state index is 0.0809. The van der Waals surface area contributed by atoms with Crippen LogP contribution in [0.15, 0.2) is 18.6 Å². The Morgan fingerprint density at radius 3 is 2.76 bits per heavy atom. The predicted molar refractivity (Wildman–Crippen MR) is 94.4 cm³/mol. The van der Waals surface area contributed by atoms with Crippen molar-refractivity contribution in [2.75, 3.05) is 51.3 Å². The van der Waals surface area contributed by atoms with Crippen LogP contribution < -0.4 is 4.90 Å². The molecule has 1 aromatic rings. The molecular formula is C18H27N5O2. The predicted octanol–water partition coefficient (Wildman–Crippen LogP) is 0.769. The lowest BCUT2D eigenvalue weighted by Crippen LogP contribution is -2.59. The summed E-state index contributed by atoms with van der Waals surface area (Å²) in [5.74, 6) is 1.22. The summed E-state index contributed by atoms with van der Waals surface area (Å²) in [6.45, 7) is 4.99. The van der Waals surface area contributed by atoms with E-state index in [1.54, 1.807) is 12.4 Å². The summed E-state index contributed by atoms with van der Waals surface area (Å²) in [5, 5.41) is 0. The summed E-state index contributed by atoms with van der Waals surface area (Å²) in [6.07, 6.45) is 9.15. The van der Waals surface area contributed by atoms with Crippen molar-refractivity contribution in [1.29, 1.82) is 0 Å². The van der Waals surface area contributed by atoms with Crippen molar-refractivity contribution in [2.24, 2.45) is 0 Å². The summed E-state index contributed by atoms with van der Waals surface area (Å²) >= 11 is 0. The molecule has 0 aromatic carbocycles. The maximum absolute atomic E-state index is 12.8. The molecule has 1 amide bonds. The van der Waals surface area contributed by atoms with Crippen molar-refractivity contribution >= 4 is 11.7 Å². The molecule has 1 spiro atoms. The number of anilines is 1. The molecule has 4 heterocycles. The normalized spacial score (nSPS) is 27.0. The molecule has 0 N–H and O–H groups in total. The van der Waals surface area contributed by atoms with Gasteiger partial charge in [-0.05, 0) is 39.3 Å². The van der Waals surface area contributed by atoms with E-state index < -0.39 is 0 Å². The van der Waals surface area contributed by atoms with Crippen LogP contribution in [0.3, 0.4) is 0 Å². The van der Waals surface area contributed by atoms with E-state index in [0.29, 0.717) is 12.5 Å². The van der Waals surface area contributed by atoms with E-state index in [2.05, 4.69) is 26.8 Å². The number of nitrogens with zero attached hydrogens (tertiary/aromatic N) is 5. The van der Waals surface area contributed by atoms with Gasteiger partial charge in [-0.2, -0.15) is 0 Å². The zero-order chi connectivity index (χ0) is 17.3. The van der Waals surface area contributed by atoms with E-state index >= 15 is 0 Å². The van der Waals surface area contributed by atoms with Crippen molar-refractivity contribution < 1.29 is 9.53 Å². The fraction of sp³-hybridized carbons (Fsp3) is 0.722. The fourth-order valence-electron chi connectivity index (χ4n) is 4.37. The number of carbonyl (C=O) groups excluding carboxylic acids is 1. The lowest BCUT2D eigenvalue weighted by molar-refractivity contribution is -0.143. The first-order valence-electron chi connectivity index (χ1n) is 9.31. The maximum atomic E-state index is 12.8. The van der Waals surface area contributed by atoms with Crippen molar-refractivity contribution in [2.45, 2.75) is 37.3 Å². The fourth-order valence-corrected chi connectivity index (χ4v) is 4.37. The first-order valence-corrected chi connectivity index (χ1v) is 9.31. The van der Waals surface area contributed by atoms with Crippen molar-refractivity contribution in [3.63, 3.8) is 0 Å². The van der Waals surface area contributed by atoms with Gasteiger partial charge in [-0.25, -0.2) is 4.98 Å². The van der Waals surface area contributed by atoms with Gasteiger partial charge < -0.3 is 14.5 Å². The first-order chi connectivity index (χ1) is 12.2. The molecule has 7 nitrogen and oxygen atoms in total. The second-order valence-electron chi connectivity index (χ2n) is 7.48. The van der Waals surface area contributed by atoms with Crippen LogP contribution in [-0.4, -0.2) is 83.7 Å². The third-order valence-corrected chi connectivity index (χ3v) is 5.91. The molecule has 1 atom stereocenters. The van der Waals surface area contributed by atoms with Gasteiger partial charge in [0, 0.05) is 38.6 Å². The topological polar surface area (TPSA) is 61.8 Å². The molecule has 3 aliphatic heterocycles. The van der Waals surface area contributed by atoms with Crippen molar-refractivity contribution in [3.8, 4) is 0 Å². The number of morpholine rings is 1. The summed E-state index contributed by atoms with van der Waals surface area (Å²) in [4.78, 5) is 27.9. The van der Waals surface area contributed by atoms with E-state index in [9.17, 15) is 4.79 Å². The Morgan fingerprint density at radius 1 is 1.24 bits per heavy atom. The molecule has 25 heavy (non-hydrogen) atoms. The van der Waals surface area contributed by atoms with Gasteiger partial charge in [0.1, 0.15) is 5.82 Å². The van der Waals surface area contributed by atoms with E-state index in [0.717, 1.165) is 64.2 Å². The zero-order valence-electron chi connectivity index (χ0n) is 14.9. The van der Waals surface area contributed by atoms with Gasteiger partial charge >= 0.3 is 0 Å². The number of hydrogen-bond acceptors (Lipinski definition) is 6. The van der Waals surface area contributed by atoms with Crippen LogP contribution in [-0.2, 0) is 9.53 Å². The van der Waals surface area contributed by atoms with Gasteiger partial charge in [-0.1, -0.05) is 0 Å². The number of ether oxygens (including phenoxy) is 1. The van der Waals surface area contributed by atoms with Gasteiger partial charge in [-0.15, -0.1) is 0 Å². The molecular weight excluding hydrogens is 318 g/mol. The maximum Gasteiger partial charge on any atom is 0.239 e. The average Bonchev–Trinajstić information content (AvgIpc) is 3.09. The van der Waals surface area contributed by atoms with Gasteiger partial charge in [0.05, 0.1) is 24.4 Å². The lowest BCUT2D eigenvalue weighted by Gasteiger charge is -2.48. The highest BCUT2D eigenvalue weighted by molar-refractivity contribution is 5.82. The number of aromatic nitrogens is 2. The molecule has 4 rings (SSSR count). The zero-order valence-corrected chi connectivity index (χ0v) is 14.9. The highest BCUT2D eigenvalue weighted by Gasteiger charge is 2.42. The minimum Gasteiger partial charge on any atom is -0.371 e. The molecule has 0 aliphatic carbocycles. The van der Waals surface area contributed by atoms with Crippen LogP contribution in [0.2, 0.25) is 0 Å². The highest BCUT2D eigenvalue weighted by Crippen LogP contribution is 2.32. The van der Waals surface area contributed by atoms with Crippen LogP contribution in [0.25, 0.3) is 0 Å². The number of likely N-dealkylation sites (N-methyl/N-ethyl adjacent to an activating group) is 1. The smallest absolute Gasteiger partial charge is 0.239 e. The highest BCUT2D eigenvalue weighted by atomic mass is 16.5. The number of likely N-dealkylation sites (tertiary alicyclic amines) is 2. The third-order valence-electron chi connectivity index (χ3n) is 5.91. The third kappa shape index (κ3) is 3.35. The SMILES string of the molecule is CN1CCC[C@H]1C(=O)N1CCC2(CC1)CN(c1cnccn1)CCO2. The monoisotopic (exact) mass is 345 g/mol. The minimum atomic E-state index is -0.159. The van der Waals surface area contributed by atoms with Gasteiger partial charge in [-0.3, -0.25) is 14.7 Å². The Hall–Kier alpha value is -1.73. The standard InChI is InChI=1S/C18H27N5O2/c1-21-8-2-3-15(21)17(24)22-9-4-18(5-10-22)14-23(11-12-25-18)16-13-19-6-7-20-16/h6-7,13,15H,2-5,8-12,14H2,1H3/t15-/m0/s1. The van der Waals surface area contributed by atoms with E-state index in [4.69, 9.17) is 4.74 Å². The molecule has 0 radical (unpaired) electrons. The first kappa shape index (κ1) is 16.7. The molecule has 7 heteroatoms. The van der Waals surface area contributed by atoms with Crippen molar-refractivity contribution in [1.82, 2.24) is 19.8 Å². The van der Waals surface area contributed by atoms with Gasteiger partial charge in [0.15, 0.2) is 0 Å². The van der Waals surface area contributed by atoms with Crippen LogP contribution in [0.5, 0.6) is 0 Å². The number of rotatable bonds is 2. The Balaban J connectivity index is 1.38. The van der Waals surface area contributed by atoms with Crippen LogP contribution in [0, 0.1) is 0 Å². The summed E-state index contributed by atoms with van der Waals surface area (Å²) < 4.78 is 6.19. The Morgan fingerprint density at radius 2 is 2.08 bits per heavy atom. The second kappa shape index (κ2) is 6.88. The summed E-state index contributed by atoms with van der Waals surface area (Å²) in [7, 11) is 2.06. The van der Waals surface area contributed by atoms with Crippen molar-refractivity contribution in [3.05, 3.63) is 18.6 Å². The van der Waals surface area contributed by atoms with Gasteiger partial charge in [0.25, 0.3) is 0 Å². The largest absolute Gasteiger partial charge is 0.371 e. The van der Waals surface area contributed by atoms with Crippen LogP contribution in [0.4, 0.5) is 5.82 Å². The molecule has 3 fully saturated rings. The van der Waals surface area contributed by atoms with Crippen LogP contribution in [0.1, 0.15) is 25.7 Å².